The van der Waals surface area contributed by atoms with Crippen molar-refractivity contribution < 1.29 is 14.3 Å². The Morgan fingerprint density at radius 1 is 1.22 bits per heavy atom. The van der Waals surface area contributed by atoms with Crippen molar-refractivity contribution >= 4 is 29.7 Å². The number of fused-ring (bicyclic) bond motifs is 3. The van der Waals surface area contributed by atoms with Crippen LogP contribution in [0.5, 0.6) is 11.5 Å². The van der Waals surface area contributed by atoms with Gasteiger partial charge in [0, 0.05) is 61.0 Å². The van der Waals surface area contributed by atoms with E-state index in [-0.39, 0.29) is 30.5 Å². The third-order valence-corrected chi connectivity index (χ3v) is 7.57. The van der Waals surface area contributed by atoms with Crippen LogP contribution in [0.2, 0.25) is 0 Å². The van der Waals surface area contributed by atoms with Gasteiger partial charge in [-0.05, 0) is 37.4 Å². The Labute approximate surface area is 225 Å². The summed E-state index contributed by atoms with van der Waals surface area (Å²) >= 11 is 1.59. The lowest BCUT2D eigenvalue weighted by molar-refractivity contribution is 0.0468. The Hall–Kier alpha value is -3.34. The van der Waals surface area contributed by atoms with E-state index in [2.05, 4.69) is 24.3 Å². The van der Waals surface area contributed by atoms with Crippen molar-refractivity contribution in [2.24, 2.45) is 7.05 Å². The van der Waals surface area contributed by atoms with Crippen molar-refractivity contribution in [1.29, 1.82) is 0 Å². The molecule has 1 amide bonds. The van der Waals surface area contributed by atoms with Crippen LogP contribution in [0.1, 0.15) is 29.9 Å². The van der Waals surface area contributed by atoms with Crippen LogP contribution in [-0.4, -0.2) is 62.7 Å². The number of benzene rings is 1. The summed E-state index contributed by atoms with van der Waals surface area (Å²) < 4.78 is 15.5. The molecule has 0 saturated carbocycles. The molecular formula is C26H29ClN6O3S. The summed E-state index contributed by atoms with van der Waals surface area (Å²) in [6.07, 6.45) is 1.90. The molecule has 1 fully saturated rings. The molecule has 1 N–H and O–H groups in total. The van der Waals surface area contributed by atoms with E-state index in [4.69, 9.17) is 14.6 Å². The number of thiophene rings is 1. The number of carbonyl (C=O) groups is 1. The molecule has 0 aliphatic carbocycles. The summed E-state index contributed by atoms with van der Waals surface area (Å²) in [5, 5.41) is 16.9. The fraction of sp³-hybridized carbons (Fsp3) is 0.346. The number of ether oxygens (including phenoxy) is 2. The highest BCUT2D eigenvalue weighted by atomic mass is 35.5. The van der Waals surface area contributed by atoms with E-state index in [0.717, 1.165) is 46.9 Å². The van der Waals surface area contributed by atoms with E-state index in [1.165, 1.54) is 0 Å². The number of piperazine rings is 1. The van der Waals surface area contributed by atoms with Gasteiger partial charge in [-0.3, -0.25) is 9.48 Å². The monoisotopic (exact) mass is 540 g/mol. The maximum absolute atomic E-state index is 13.9. The van der Waals surface area contributed by atoms with Crippen LogP contribution in [-0.2, 0) is 13.7 Å². The molecule has 1 aromatic carbocycles. The molecule has 194 valence electrons. The molecule has 0 unspecified atom stereocenters. The topological polar surface area (TPSA) is 86.4 Å². The Morgan fingerprint density at radius 2 is 2.05 bits per heavy atom. The Bertz CT molecular complexity index is 1460. The maximum atomic E-state index is 13.9. The number of methoxy groups -OCH3 is 1. The van der Waals surface area contributed by atoms with E-state index in [9.17, 15) is 4.79 Å². The van der Waals surface area contributed by atoms with Gasteiger partial charge in [-0.15, -0.1) is 12.4 Å². The van der Waals surface area contributed by atoms with Gasteiger partial charge < -0.3 is 19.7 Å². The predicted molar refractivity (Wildman–Crippen MR) is 145 cm³/mol. The third kappa shape index (κ3) is 4.18. The fourth-order valence-electron chi connectivity index (χ4n) is 5.03. The van der Waals surface area contributed by atoms with E-state index >= 15 is 0 Å². The zero-order valence-corrected chi connectivity index (χ0v) is 22.8. The molecule has 0 atom stereocenters. The summed E-state index contributed by atoms with van der Waals surface area (Å²) in [5.41, 5.74) is 5.20. The van der Waals surface area contributed by atoms with Crippen molar-refractivity contribution in [3.8, 4) is 39.7 Å². The van der Waals surface area contributed by atoms with Crippen LogP contribution in [0.3, 0.4) is 0 Å². The highest BCUT2D eigenvalue weighted by Gasteiger charge is 2.38. The minimum absolute atomic E-state index is 0. The van der Waals surface area contributed by atoms with Crippen LogP contribution in [0.4, 0.5) is 0 Å². The van der Waals surface area contributed by atoms with Gasteiger partial charge in [-0.2, -0.15) is 21.5 Å². The van der Waals surface area contributed by atoms with Crippen molar-refractivity contribution in [3.63, 3.8) is 0 Å². The van der Waals surface area contributed by atoms with Crippen molar-refractivity contribution in [1.82, 2.24) is 29.8 Å². The SMILES string of the molecule is COc1cc2c(cc1-c1ccn(C)n1)-c1c(c(C(=O)N3CCNCC3(C)C)nn1-c1ccsc1)CO2.Cl. The van der Waals surface area contributed by atoms with Gasteiger partial charge in [-0.25, -0.2) is 4.68 Å². The number of halogens is 1. The van der Waals surface area contributed by atoms with Crippen LogP contribution in [0.15, 0.2) is 41.2 Å². The number of nitrogens with one attached hydrogen (secondary N) is 1. The van der Waals surface area contributed by atoms with Gasteiger partial charge in [0.1, 0.15) is 18.1 Å². The molecule has 11 heteroatoms. The third-order valence-electron chi connectivity index (χ3n) is 6.90. The number of aryl methyl sites for hydroxylation is 1. The van der Waals surface area contributed by atoms with Crippen LogP contribution < -0.4 is 14.8 Å². The zero-order valence-electron chi connectivity index (χ0n) is 21.1. The summed E-state index contributed by atoms with van der Waals surface area (Å²) in [4.78, 5) is 15.8. The molecule has 4 aromatic rings. The van der Waals surface area contributed by atoms with E-state index in [0.29, 0.717) is 23.7 Å². The van der Waals surface area contributed by atoms with Gasteiger partial charge >= 0.3 is 0 Å². The lowest BCUT2D eigenvalue weighted by Gasteiger charge is -2.42. The molecule has 37 heavy (non-hydrogen) atoms. The predicted octanol–water partition coefficient (Wildman–Crippen LogP) is 4.15. The molecule has 1 saturated heterocycles. The van der Waals surface area contributed by atoms with Gasteiger partial charge in [0.2, 0.25) is 0 Å². The summed E-state index contributed by atoms with van der Waals surface area (Å²) in [6.45, 7) is 6.54. The van der Waals surface area contributed by atoms with Crippen LogP contribution in [0, 0.1) is 0 Å². The Morgan fingerprint density at radius 3 is 2.73 bits per heavy atom. The molecule has 0 radical (unpaired) electrons. The number of amides is 1. The Kier molecular flexibility index (Phi) is 6.51. The second kappa shape index (κ2) is 9.51. The minimum atomic E-state index is -0.318. The highest BCUT2D eigenvalue weighted by molar-refractivity contribution is 7.08. The first-order valence-electron chi connectivity index (χ1n) is 11.9. The number of rotatable bonds is 4. The van der Waals surface area contributed by atoms with E-state index < -0.39 is 0 Å². The van der Waals surface area contributed by atoms with Crippen molar-refractivity contribution in [2.75, 3.05) is 26.7 Å². The summed E-state index contributed by atoms with van der Waals surface area (Å²) in [7, 11) is 3.53. The largest absolute Gasteiger partial charge is 0.496 e. The number of aromatic nitrogens is 4. The summed E-state index contributed by atoms with van der Waals surface area (Å²) in [6, 6.07) is 7.89. The molecule has 5 heterocycles. The molecule has 0 spiro atoms. The molecule has 2 aliphatic rings. The highest BCUT2D eigenvalue weighted by Crippen LogP contribution is 2.46. The van der Waals surface area contributed by atoms with Gasteiger partial charge in [-0.1, -0.05) is 0 Å². The first-order chi connectivity index (χ1) is 17.4. The van der Waals surface area contributed by atoms with E-state index in [1.54, 1.807) is 23.1 Å². The smallest absolute Gasteiger partial charge is 0.275 e. The summed E-state index contributed by atoms with van der Waals surface area (Å²) in [5.74, 6) is 1.30. The van der Waals surface area contributed by atoms with Gasteiger partial charge in [0.15, 0.2) is 5.69 Å². The lowest BCUT2D eigenvalue weighted by Crippen LogP contribution is -2.60. The molecule has 3 aromatic heterocycles. The number of hydrogen-bond acceptors (Lipinski definition) is 7. The zero-order chi connectivity index (χ0) is 25.0. The minimum Gasteiger partial charge on any atom is -0.496 e. The standard InChI is InChI=1S/C26H28N6O3S.ClH/c1-26(2)15-27-7-9-31(26)25(33)23-19-13-35-22-12-21(34-4)17(20-5-8-30(3)28-20)11-18(22)24(19)32(29-23)16-6-10-36-14-16;/h5-6,8,10-12,14,27H,7,9,13,15H2,1-4H3;1H. The molecule has 2 aliphatic heterocycles. The molecule has 9 nitrogen and oxygen atoms in total. The molecule has 0 bridgehead atoms. The number of carbonyl (C=O) groups excluding carboxylic acids is 1. The van der Waals surface area contributed by atoms with Crippen molar-refractivity contribution in [2.45, 2.75) is 26.0 Å². The van der Waals surface area contributed by atoms with E-state index in [1.807, 2.05) is 57.9 Å². The quantitative estimate of drug-likeness (QED) is 0.418. The first kappa shape index (κ1) is 25.3. The first-order valence-corrected chi connectivity index (χ1v) is 12.8. The second-order valence-corrected chi connectivity index (χ2v) is 10.5. The Balaban J connectivity index is 0.00000280. The average molecular weight is 541 g/mol. The van der Waals surface area contributed by atoms with Gasteiger partial charge in [0.05, 0.1) is 29.7 Å². The second-order valence-electron chi connectivity index (χ2n) is 9.73. The van der Waals surface area contributed by atoms with Crippen molar-refractivity contribution in [3.05, 3.63) is 52.5 Å². The molecule has 6 rings (SSSR count). The maximum Gasteiger partial charge on any atom is 0.275 e. The number of nitrogens with zero attached hydrogens (tertiary/aromatic N) is 5. The van der Waals surface area contributed by atoms with Gasteiger partial charge in [0.25, 0.3) is 5.91 Å². The molecular weight excluding hydrogens is 512 g/mol. The fourth-order valence-corrected chi connectivity index (χ4v) is 5.65. The number of hydrogen-bond donors (Lipinski definition) is 1. The normalized spacial score (nSPS) is 15.8. The van der Waals surface area contributed by atoms with Crippen LogP contribution >= 0.6 is 23.7 Å². The van der Waals surface area contributed by atoms with Crippen LogP contribution in [0.25, 0.3) is 28.2 Å². The lowest BCUT2D eigenvalue weighted by atomic mass is 9.96. The average Bonchev–Trinajstić information content (AvgIpc) is 3.62.